The zero-order valence-electron chi connectivity index (χ0n) is 19.5. The molecule has 8 heteroatoms. The fourth-order valence-corrected chi connectivity index (χ4v) is 3.58. The Morgan fingerprint density at radius 1 is 0.943 bits per heavy atom. The highest BCUT2D eigenvalue weighted by molar-refractivity contribution is 5.91. The number of halogens is 1. The van der Waals surface area contributed by atoms with E-state index in [1.54, 1.807) is 24.5 Å². The fraction of sp³-hybridized carbons (Fsp3) is 0.222. The number of nitrogens with zero attached hydrogens (tertiary/aromatic N) is 3. The number of nitrogens with one attached hydrogen (secondary N) is 1. The number of aromatic nitrogens is 2. The number of hydrogen-bond donors (Lipinski definition) is 1. The van der Waals surface area contributed by atoms with Crippen LogP contribution >= 0.6 is 0 Å². The van der Waals surface area contributed by atoms with E-state index in [9.17, 15) is 9.18 Å². The van der Waals surface area contributed by atoms with Gasteiger partial charge in [-0.15, -0.1) is 0 Å². The number of carbonyl (C=O) groups excluding carboxylic acids is 1. The topological polar surface area (TPSA) is 80.5 Å². The van der Waals surface area contributed by atoms with Gasteiger partial charge in [-0.2, -0.15) is 0 Å². The van der Waals surface area contributed by atoms with Crippen LogP contribution in [0.3, 0.4) is 0 Å². The van der Waals surface area contributed by atoms with Crippen LogP contribution < -0.4 is 10.1 Å². The third-order valence-electron chi connectivity index (χ3n) is 5.31. The third-order valence-corrected chi connectivity index (χ3v) is 5.31. The summed E-state index contributed by atoms with van der Waals surface area (Å²) in [6.07, 6.45) is 4.72. The number of hydrogen-bond acceptors (Lipinski definition) is 6. The first kappa shape index (κ1) is 24.1. The van der Waals surface area contributed by atoms with Gasteiger partial charge in [0.1, 0.15) is 17.8 Å². The summed E-state index contributed by atoms with van der Waals surface area (Å²) in [6, 6.07) is 18.0. The largest absolute Gasteiger partial charge is 0.494 e. The van der Waals surface area contributed by atoms with Gasteiger partial charge >= 0.3 is 0 Å². The molecule has 0 atom stereocenters. The van der Waals surface area contributed by atoms with Crippen LogP contribution in [0.2, 0.25) is 0 Å². The van der Waals surface area contributed by atoms with Crippen molar-refractivity contribution in [2.75, 3.05) is 6.61 Å². The smallest absolute Gasteiger partial charge is 0.273 e. The van der Waals surface area contributed by atoms with Crippen LogP contribution in [-0.4, -0.2) is 27.4 Å². The molecule has 1 N–H and O–H groups in total. The summed E-state index contributed by atoms with van der Waals surface area (Å²) < 4.78 is 24.5. The molecule has 0 saturated heterocycles. The summed E-state index contributed by atoms with van der Waals surface area (Å²) in [7, 11) is 0. The summed E-state index contributed by atoms with van der Waals surface area (Å²) in [6.45, 7) is 4.47. The number of rotatable bonds is 11. The van der Waals surface area contributed by atoms with Gasteiger partial charge in [-0.1, -0.05) is 24.3 Å². The minimum absolute atomic E-state index is 0.219. The number of pyridine rings is 1. The molecule has 180 valence electrons. The molecule has 0 radical (unpaired) electrons. The van der Waals surface area contributed by atoms with E-state index in [4.69, 9.17) is 9.15 Å². The van der Waals surface area contributed by atoms with Crippen molar-refractivity contribution in [3.63, 3.8) is 0 Å². The van der Waals surface area contributed by atoms with Crippen LogP contribution in [0.5, 0.6) is 5.75 Å². The van der Waals surface area contributed by atoms with Gasteiger partial charge in [0.15, 0.2) is 5.69 Å². The Kier molecular flexibility index (Phi) is 8.19. The minimum atomic E-state index is -0.312. The van der Waals surface area contributed by atoms with Gasteiger partial charge in [-0.05, 0) is 60.0 Å². The van der Waals surface area contributed by atoms with Crippen LogP contribution in [0.1, 0.15) is 40.0 Å². The second-order valence-corrected chi connectivity index (χ2v) is 8.01. The van der Waals surface area contributed by atoms with E-state index in [1.165, 1.54) is 18.4 Å². The highest BCUT2D eigenvalue weighted by Gasteiger charge is 2.16. The van der Waals surface area contributed by atoms with Crippen molar-refractivity contribution in [1.29, 1.82) is 0 Å². The Hall–Kier alpha value is -4.04. The van der Waals surface area contributed by atoms with Crippen molar-refractivity contribution in [2.45, 2.75) is 33.1 Å². The average Bonchev–Trinajstić information content (AvgIpc) is 3.34. The molecule has 0 unspecified atom stereocenters. The average molecular weight is 475 g/mol. The maximum absolute atomic E-state index is 13.4. The van der Waals surface area contributed by atoms with Gasteiger partial charge in [0.25, 0.3) is 5.91 Å². The number of amides is 1. The first-order chi connectivity index (χ1) is 17.1. The van der Waals surface area contributed by atoms with Gasteiger partial charge in [0.2, 0.25) is 5.89 Å². The quantitative estimate of drug-likeness (QED) is 0.338. The minimum Gasteiger partial charge on any atom is -0.494 e. The molecule has 0 spiro atoms. The van der Waals surface area contributed by atoms with E-state index in [1.807, 2.05) is 43.3 Å². The van der Waals surface area contributed by atoms with Crippen LogP contribution in [0.25, 0.3) is 0 Å². The molecule has 0 aliphatic carbocycles. The summed E-state index contributed by atoms with van der Waals surface area (Å²) in [5.74, 6) is 0.652. The Labute approximate surface area is 203 Å². The van der Waals surface area contributed by atoms with Crippen molar-refractivity contribution >= 4 is 5.91 Å². The molecule has 1 amide bonds. The van der Waals surface area contributed by atoms with Crippen molar-refractivity contribution in [3.8, 4) is 5.75 Å². The first-order valence-electron chi connectivity index (χ1n) is 11.4. The maximum Gasteiger partial charge on any atom is 0.273 e. The molecule has 0 saturated carbocycles. The number of oxazole rings is 1. The maximum atomic E-state index is 13.4. The SMILES string of the molecule is CCOc1ccc(CN(Cc2ccc(F)cc2)Cc2nc(C(=O)NCc3ccncc3)co2)cc1. The summed E-state index contributed by atoms with van der Waals surface area (Å²) in [5.41, 5.74) is 3.20. The Balaban J connectivity index is 1.43. The predicted octanol–water partition coefficient (Wildman–Crippen LogP) is 4.74. The molecule has 35 heavy (non-hydrogen) atoms. The molecular formula is C27H27FN4O3. The molecule has 4 aromatic rings. The monoisotopic (exact) mass is 474 g/mol. The highest BCUT2D eigenvalue weighted by atomic mass is 19.1. The van der Waals surface area contributed by atoms with Crippen LogP contribution in [0.4, 0.5) is 4.39 Å². The van der Waals surface area contributed by atoms with Crippen LogP contribution in [0, 0.1) is 5.82 Å². The summed E-state index contributed by atoms with van der Waals surface area (Å²) in [5, 5.41) is 2.83. The molecular weight excluding hydrogens is 447 g/mol. The standard InChI is InChI=1S/C27H27FN4O3/c1-2-34-24-9-5-22(6-10-24)17-32(16-21-3-7-23(28)8-4-21)18-26-31-25(19-35-26)27(33)30-15-20-11-13-29-14-12-20/h3-14,19H,2,15-18H2,1H3,(H,30,33). The van der Waals surface area contributed by atoms with Gasteiger partial charge < -0.3 is 14.5 Å². The molecule has 0 aliphatic heterocycles. The van der Waals surface area contributed by atoms with Gasteiger partial charge in [0, 0.05) is 32.0 Å². The predicted molar refractivity (Wildman–Crippen MR) is 129 cm³/mol. The first-order valence-corrected chi connectivity index (χ1v) is 11.4. The molecule has 7 nitrogen and oxygen atoms in total. The van der Waals surface area contributed by atoms with E-state index in [0.29, 0.717) is 38.7 Å². The molecule has 4 rings (SSSR count). The Morgan fingerprint density at radius 3 is 2.26 bits per heavy atom. The van der Waals surface area contributed by atoms with E-state index < -0.39 is 0 Å². The molecule has 2 aromatic heterocycles. The number of ether oxygens (including phenoxy) is 1. The lowest BCUT2D eigenvalue weighted by atomic mass is 10.1. The van der Waals surface area contributed by atoms with Gasteiger partial charge in [-0.3, -0.25) is 14.7 Å². The zero-order valence-corrected chi connectivity index (χ0v) is 19.5. The fourth-order valence-electron chi connectivity index (χ4n) is 3.58. The normalized spacial score (nSPS) is 10.9. The molecule has 2 heterocycles. The number of benzene rings is 2. The Morgan fingerprint density at radius 2 is 1.60 bits per heavy atom. The van der Waals surface area contributed by atoms with Crippen LogP contribution in [-0.2, 0) is 26.2 Å². The second-order valence-electron chi connectivity index (χ2n) is 8.01. The van der Waals surface area contributed by atoms with E-state index >= 15 is 0 Å². The van der Waals surface area contributed by atoms with Crippen LogP contribution in [0.15, 0.2) is 83.7 Å². The zero-order chi connectivity index (χ0) is 24.5. The van der Waals surface area contributed by atoms with Crippen molar-refractivity contribution in [3.05, 3.63) is 113 Å². The van der Waals surface area contributed by atoms with E-state index in [0.717, 1.165) is 22.4 Å². The molecule has 0 aliphatic rings. The van der Waals surface area contributed by atoms with Crippen molar-refractivity contribution < 1.29 is 18.3 Å². The Bertz CT molecular complexity index is 1210. The third kappa shape index (κ3) is 7.22. The molecule has 0 bridgehead atoms. The van der Waals surface area contributed by atoms with Crippen molar-refractivity contribution in [1.82, 2.24) is 20.2 Å². The van der Waals surface area contributed by atoms with E-state index in [2.05, 4.69) is 20.2 Å². The van der Waals surface area contributed by atoms with Gasteiger partial charge in [-0.25, -0.2) is 9.37 Å². The van der Waals surface area contributed by atoms with Gasteiger partial charge in [0.05, 0.1) is 13.2 Å². The lowest BCUT2D eigenvalue weighted by molar-refractivity contribution is 0.0945. The summed E-state index contributed by atoms with van der Waals surface area (Å²) >= 11 is 0. The highest BCUT2D eigenvalue weighted by Crippen LogP contribution is 2.18. The number of carbonyl (C=O) groups is 1. The van der Waals surface area contributed by atoms with E-state index in [-0.39, 0.29) is 17.4 Å². The lowest BCUT2D eigenvalue weighted by Crippen LogP contribution is -2.24. The summed E-state index contributed by atoms with van der Waals surface area (Å²) in [4.78, 5) is 23.0. The molecule has 0 fully saturated rings. The molecule has 2 aromatic carbocycles. The lowest BCUT2D eigenvalue weighted by Gasteiger charge is -2.21. The van der Waals surface area contributed by atoms with Crippen molar-refractivity contribution in [2.24, 2.45) is 0 Å². The second kappa shape index (κ2) is 11.9.